The normalized spacial score (nSPS) is 11.2. The van der Waals surface area contributed by atoms with E-state index in [4.69, 9.17) is 4.74 Å². The summed E-state index contributed by atoms with van der Waals surface area (Å²) >= 11 is 0. The van der Waals surface area contributed by atoms with Crippen molar-refractivity contribution in [1.29, 1.82) is 0 Å². The summed E-state index contributed by atoms with van der Waals surface area (Å²) in [6.45, 7) is 12.7. The SMILES string of the molecule is CC(C)OC(C)C.CCCn1cnc2c1c(=O)n(CCCCC(C)=O)c(=O)n2C. The first-order valence-corrected chi connectivity index (χ1v) is 10.4. The Kier molecular flexibility index (Phi) is 10.0. The molecule has 0 aromatic carbocycles. The fourth-order valence-corrected chi connectivity index (χ4v) is 3.12. The van der Waals surface area contributed by atoms with Crippen LogP contribution in [0, 0.1) is 0 Å². The van der Waals surface area contributed by atoms with E-state index in [9.17, 15) is 14.4 Å². The molecule has 2 rings (SSSR count). The van der Waals surface area contributed by atoms with Gasteiger partial charge in [0.1, 0.15) is 5.78 Å². The number of nitrogens with zero attached hydrogens (tertiary/aromatic N) is 4. The number of Topliss-reactive ketones (excluding diaryl/α,β-unsaturated/α-hetero) is 1. The molecule has 0 saturated carbocycles. The lowest BCUT2D eigenvalue weighted by Gasteiger charge is -2.09. The second kappa shape index (κ2) is 11.7. The van der Waals surface area contributed by atoms with E-state index in [1.165, 1.54) is 9.13 Å². The first-order valence-electron chi connectivity index (χ1n) is 10.4. The van der Waals surface area contributed by atoms with E-state index in [2.05, 4.69) is 4.98 Å². The van der Waals surface area contributed by atoms with Crippen molar-refractivity contribution in [2.45, 2.75) is 92.5 Å². The third kappa shape index (κ3) is 7.27. The van der Waals surface area contributed by atoms with Gasteiger partial charge in [0, 0.05) is 26.6 Å². The first-order chi connectivity index (χ1) is 13.6. The van der Waals surface area contributed by atoms with Gasteiger partial charge >= 0.3 is 5.69 Å². The molecular formula is C21H36N4O4. The highest BCUT2D eigenvalue weighted by Gasteiger charge is 2.15. The summed E-state index contributed by atoms with van der Waals surface area (Å²) in [5, 5.41) is 0. The summed E-state index contributed by atoms with van der Waals surface area (Å²) in [4.78, 5) is 40.1. The molecule has 0 spiro atoms. The van der Waals surface area contributed by atoms with E-state index in [1.807, 2.05) is 34.6 Å². The largest absolute Gasteiger partial charge is 0.376 e. The Morgan fingerprint density at radius 3 is 2.21 bits per heavy atom. The van der Waals surface area contributed by atoms with Crippen LogP contribution in [0.4, 0.5) is 0 Å². The van der Waals surface area contributed by atoms with Crippen molar-refractivity contribution in [3.63, 3.8) is 0 Å². The maximum atomic E-state index is 12.6. The lowest BCUT2D eigenvalue weighted by atomic mass is 10.2. The number of ether oxygens (including phenoxy) is 1. The smallest absolute Gasteiger partial charge is 0.332 e. The number of aromatic nitrogens is 4. The lowest BCUT2D eigenvalue weighted by Crippen LogP contribution is -2.39. The third-order valence-corrected chi connectivity index (χ3v) is 4.27. The molecule has 2 heterocycles. The average Bonchev–Trinajstić information content (AvgIpc) is 3.02. The molecular weight excluding hydrogens is 372 g/mol. The average molecular weight is 409 g/mol. The zero-order chi connectivity index (χ0) is 22.1. The summed E-state index contributed by atoms with van der Waals surface area (Å²) in [6, 6.07) is 0. The molecule has 29 heavy (non-hydrogen) atoms. The zero-order valence-electron chi connectivity index (χ0n) is 18.9. The van der Waals surface area contributed by atoms with Gasteiger partial charge in [0.15, 0.2) is 11.2 Å². The Morgan fingerprint density at radius 2 is 1.72 bits per heavy atom. The van der Waals surface area contributed by atoms with Crippen LogP contribution in [0.5, 0.6) is 0 Å². The maximum absolute atomic E-state index is 12.6. The maximum Gasteiger partial charge on any atom is 0.332 e. The molecule has 0 atom stereocenters. The minimum absolute atomic E-state index is 0.122. The van der Waals surface area contributed by atoms with Crippen LogP contribution in [0.2, 0.25) is 0 Å². The number of rotatable bonds is 9. The molecule has 0 aliphatic heterocycles. The molecule has 0 aliphatic carbocycles. The third-order valence-electron chi connectivity index (χ3n) is 4.27. The fourth-order valence-electron chi connectivity index (χ4n) is 3.12. The molecule has 0 bridgehead atoms. The number of imidazole rings is 1. The van der Waals surface area contributed by atoms with Crippen LogP contribution >= 0.6 is 0 Å². The number of hydrogen-bond acceptors (Lipinski definition) is 5. The van der Waals surface area contributed by atoms with Crippen molar-refractivity contribution >= 4 is 16.9 Å². The summed E-state index contributed by atoms with van der Waals surface area (Å²) in [6.07, 6.45) is 5.02. The molecule has 0 saturated heterocycles. The van der Waals surface area contributed by atoms with E-state index in [0.29, 0.717) is 55.7 Å². The van der Waals surface area contributed by atoms with Crippen molar-refractivity contribution in [2.75, 3.05) is 0 Å². The number of unbranched alkanes of at least 4 members (excludes halogenated alkanes) is 1. The van der Waals surface area contributed by atoms with E-state index in [-0.39, 0.29) is 17.0 Å². The van der Waals surface area contributed by atoms with E-state index in [0.717, 1.165) is 6.42 Å². The van der Waals surface area contributed by atoms with Crippen LogP contribution in [0.15, 0.2) is 15.9 Å². The Bertz CT molecular complexity index is 900. The predicted octanol–water partition coefficient (Wildman–Crippen LogP) is 2.89. The number of fused-ring (bicyclic) bond motifs is 1. The number of hydrogen-bond donors (Lipinski definition) is 0. The molecule has 8 nitrogen and oxygen atoms in total. The van der Waals surface area contributed by atoms with E-state index in [1.54, 1.807) is 24.9 Å². The Morgan fingerprint density at radius 1 is 1.10 bits per heavy atom. The quantitative estimate of drug-likeness (QED) is 0.595. The highest BCUT2D eigenvalue weighted by molar-refractivity contribution is 5.75. The van der Waals surface area contributed by atoms with Crippen molar-refractivity contribution in [2.24, 2.45) is 7.05 Å². The van der Waals surface area contributed by atoms with Crippen LogP contribution in [-0.2, 0) is 29.7 Å². The topological polar surface area (TPSA) is 88.1 Å². The summed E-state index contributed by atoms with van der Waals surface area (Å²) < 4.78 is 9.70. The highest BCUT2D eigenvalue weighted by Crippen LogP contribution is 2.07. The van der Waals surface area contributed by atoms with Crippen molar-refractivity contribution in [3.05, 3.63) is 27.2 Å². The van der Waals surface area contributed by atoms with E-state index >= 15 is 0 Å². The lowest BCUT2D eigenvalue weighted by molar-refractivity contribution is -0.117. The van der Waals surface area contributed by atoms with E-state index < -0.39 is 0 Å². The molecule has 2 aromatic rings. The van der Waals surface area contributed by atoms with Gasteiger partial charge in [-0.2, -0.15) is 0 Å². The summed E-state index contributed by atoms with van der Waals surface area (Å²) in [7, 11) is 1.62. The fraction of sp³-hybridized carbons (Fsp3) is 0.714. The number of ketones is 1. The standard InChI is InChI=1S/C15H22N4O3.C6H14O/c1-4-8-18-10-16-13-12(18)14(21)19(15(22)17(13)3)9-6-5-7-11(2)20;1-5(2)7-6(3)4/h10H,4-9H2,1-3H3;5-6H,1-4H3. The predicted molar refractivity (Wildman–Crippen MR) is 115 cm³/mol. The molecule has 164 valence electrons. The molecule has 2 aromatic heterocycles. The van der Waals surface area contributed by atoms with Crippen LogP contribution in [0.25, 0.3) is 11.2 Å². The highest BCUT2D eigenvalue weighted by atomic mass is 16.5. The van der Waals surface area contributed by atoms with Gasteiger partial charge in [-0.3, -0.25) is 13.9 Å². The van der Waals surface area contributed by atoms with Gasteiger partial charge in [0.2, 0.25) is 0 Å². The zero-order valence-corrected chi connectivity index (χ0v) is 18.9. The van der Waals surface area contributed by atoms with Crippen LogP contribution in [-0.4, -0.2) is 36.7 Å². The van der Waals surface area contributed by atoms with Gasteiger partial charge in [-0.1, -0.05) is 6.92 Å². The van der Waals surface area contributed by atoms with Gasteiger partial charge in [-0.15, -0.1) is 0 Å². The van der Waals surface area contributed by atoms with Crippen molar-refractivity contribution < 1.29 is 9.53 Å². The molecule has 0 aliphatic rings. The molecule has 0 N–H and O–H groups in total. The molecule has 0 radical (unpaired) electrons. The van der Waals surface area contributed by atoms with Crippen molar-refractivity contribution in [1.82, 2.24) is 18.7 Å². The van der Waals surface area contributed by atoms with Crippen molar-refractivity contribution in [3.8, 4) is 0 Å². The Balaban J connectivity index is 0.000000516. The Hall–Kier alpha value is -2.22. The number of aryl methyl sites for hydroxylation is 2. The van der Waals surface area contributed by atoms with Gasteiger partial charge in [0.25, 0.3) is 5.56 Å². The van der Waals surface area contributed by atoms with Crippen LogP contribution < -0.4 is 11.2 Å². The second-order valence-corrected chi connectivity index (χ2v) is 7.80. The van der Waals surface area contributed by atoms with Gasteiger partial charge in [-0.25, -0.2) is 9.78 Å². The minimum Gasteiger partial charge on any atom is -0.376 e. The molecule has 8 heteroatoms. The second-order valence-electron chi connectivity index (χ2n) is 7.80. The summed E-state index contributed by atoms with van der Waals surface area (Å²) in [5.41, 5.74) is 0.230. The Labute approximate surface area is 172 Å². The van der Waals surface area contributed by atoms with Gasteiger partial charge in [-0.05, 0) is 53.9 Å². The molecule has 0 unspecified atom stereocenters. The monoisotopic (exact) mass is 408 g/mol. The summed E-state index contributed by atoms with van der Waals surface area (Å²) in [5.74, 6) is 0.122. The first kappa shape index (κ1) is 24.8. The number of carbonyl (C=O) groups is 1. The number of carbonyl (C=O) groups excluding carboxylic acids is 1. The van der Waals surface area contributed by atoms with Crippen LogP contribution in [0.3, 0.4) is 0 Å². The van der Waals surface area contributed by atoms with Gasteiger partial charge in [0.05, 0.1) is 18.5 Å². The molecule has 0 amide bonds. The van der Waals surface area contributed by atoms with Crippen LogP contribution in [0.1, 0.15) is 67.2 Å². The van der Waals surface area contributed by atoms with Gasteiger partial charge < -0.3 is 14.1 Å². The minimum atomic E-state index is -0.359. The molecule has 0 fully saturated rings.